The van der Waals surface area contributed by atoms with Crippen LogP contribution in [0.3, 0.4) is 0 Å². The summed E-state index contributed by atoms with van der Waals surface area (Å²) in [4.78, 5) is 9.33. The molecule has 0 unspecified atom stereocenters. The van der Waals surface area contributed by atoms with Gasteiger partial charge in [0.05, 0.1) is 18.1 Å². The molecule has 4 heteroatoms. The summed E-state index contributed by atoms with van der Waals surface area (Å²) < 4.78 is 0. The first kappa shape index (κ1) is 12.9. The lowest BCUT2D eigenvalue weighted by atomic mass is 10.1. The van der Waals surface area contributed by atoms with Gasteiger partial charge in [0.25, 0.3) is 0 Å². The topological polar surface area (TPSA) is 43.2 Å². The summed E-state index contributed by atoms with van der Waals surface area (Å²) in [6, 6.07) is 12.7. The molecular formula is C16H18N4. The maximum atomic E-state index is 8.75. The van der Waals surface area contributed by atoms with Gasteiger partial charge in [0.1, 0.15) is 5.82 Å². The van der Waals surface area contributed by atoms with Crippen molar-refractivity contribution >= 4 is 16.7 Å². The second kappa shape index (κ2) is 5.48. The Morgan fingerprint density at radius 1 is 1.20 bits per heavy atom. The van der Waals surface area contributed by atoms with E-state index >= 15 is 0 Å². The van der Waals surface area contributed by atoms with E-state index in [0.717, 1.165) is 37.5 Å². The first-order valence-corrected chi connectivity index (χ1v) is 6.98. The third-order valence-electron chi connectivity index (χ3n) is 3.85. The number of fused-ring (bicyclic) bond motifs is 1. The van der Waals surface area contributed by atoms with Gasteiger partial charge >= 0.3 is 0 Å². The van der Waals surface area contributed by atoms with Gasteiger partial charge in [-0.2, -0.15) is 5.26 Å². The van der Waals surface area contributed by atoms with E-state index < -0.39 is 0 Å². The first-order chi connectivity index (χ1) is 9.78. The van der Waals surface area contributed by atoms with Gasteiger partial charge in [-0.1, -0.05) is 18.2 Å². The fraction of sp³-hybridized carbons (Fsp3) is 0.375. The number of nitrogens with zero attached hydrogens (tertiary/aromatic N) is 4. The zero-order valence-corrected chi connectivity index (χ0v) is 11.7. The number of aryl methyl sites for hydroxylation is 1. The number of aromatic nitrogens is 1. The number of pyridine rings is 1. The van der Waals surface area contributed by atoms with Gasteiger partial charge in [-0.3, -0.25) is 4.90 Å². The van der Waals surface area contributed by atoms with Crippen LogP contribution in [0.15, 0.2) is 30.3 Å². The number of anilines is 1. The van der Waals surface area contributed by atoms with Crippen LogP contribution in [0, 0.1) is 18.3 Å². The molecule has 0 spiro atoms. The number of hydrogen-bond acceptors (Lipinski definition) is 4. The second-order valence-electron chi connectivity index (χ2n) is 5.24. The van der Waals surface area contributed by atoms with Gasteiger partial charge in [0.2, 0.25) is 0 Å². The molecule has 0 amide bonds. The van der Waals surface area contributed by atoms with Gasteiger partial charge in [-0.15, -0.1) is 0 Å². The van der Waals surface area contributed by atoms with E-state index in [0.29, 0.717) is 6.54 Å². The molecule has 2 aromatic rings. The van der Waals surface area contributed by atoms with Crippen LogP contribution in [0.5, 0.6) is 0 Å². The minimum absolute atomic E-state index is 0.526. The fourth-order valence-electron chi connectivity index (χ4n) is 2.75. The third kappa shape index (κ3) is 2.45. The molecule has 0 atom stereocenters. The van der Waals surface area contributed by atoms with Crippen LogP contribution < -0.4 is 4.90 Å². The van der Waals surface area contributed by atoms with E-state index in [1.165, 1.54) is 10.9 Å². The number of hydrogen-bond donors (Lipinski definition) is 0. The molecule has 1 aliphatic rings. The highest BCUT2D eigenvalue weighted by Gasteiger charge is 2.19. The Bertz CT molecular complexity index is 651. The van der Waals surface area contributed by atoms with Crippen molar-refractivity contribution in [1.82, 2.24) is 9.88 Å². The van der Waals surface area contributed by atoms with Crippen LogP contribution in [-0.4, -0.2) is 42.6 Å². The molecule has 0 bridgehead atoms. The Morgan fingerprint density at radius 3 is 2.70 bits per heavy atom. The van der Waals surface area contributed by atoms with Crippen LogP contribution in [0.25, 0.3) is 10.9 Å². The minimum Gasteiger partial charge on any atom is -0.354 e. The van der Waals surface area contributed by atoms with E-state index in [9.17, 15) is 0 Å². The molecule has 1 saturated heterocycles. The largest absolute Gasteiger partial charge is 0.354 e. The van der Waals surface area contributed by atoms with Crippen LogP contribution in [0.2, 0.25) is 0 Å². The van der Waals surface area contributed by atoms with Crippen LogP contribution in [-0.2, 0) is 0 Å². The Hall–Kier alpha value is -2.12. The van der Waals surface area contributed by atoms with Crippen molar-refractivity contribution in [2.75, 3.05) is 37.6 Å². The second-order valence-corrected chi connectivity index (χ2v) is 5.24. The predicted octanol–water partition coefficient (Wildman–Crippen LogP) is 2.19. The van der Waals surface area contributed by atoms with Crippen molar-refractivity contribution in [1.29, 1.82) is 5.26 Å². The van der Waals surface area contributed by atoms with Crippen molar-refractivity contribution in [3.05, 3.63) is 35.9 Å². The quantitative estimate of drug-likeness (QED) is 0.782. The molecule has 1 aliphatic heterocycles. The molecule has 0 aliphatic carbocycles. The third-order valence-corrected chi connectivity index (χ3v) is 3.85. The molecular weight excluding hydrogens is 248 g/mol. The molecule has 4 nitrogen and oxygen atoms in total. The van der Waals surface area contributed by atoms with Gasteiger partial charge in [0, 0.05) is 31.6 Å². The van der Waals surface area contributed by atoms with Gasteiger partial charge < -0.3 is 4.90 Å². The van der Waals surface area contributed by atoms with Gasteiger partial charge in [-0.05, 0) is 24.6 Å². The Labute approximate surface area is 119 Å². The normalized spacial score (nSPS) is 16.3. The average molecular weight is 266 g/mol. The maximum Gasteiger partial charge on any atom is 0.132 e. The van der Waals surface area contributed by atoms with E-state index in [1.54, 1.807) is 0 Å². The molecule has 20 heavy (non-hydrogen) atoms. The molecule has 0 saturated carbocycles. The van der Waals surface area contributed by atoms with Gasteiger partial charge in [0.15, 0.2) is 0 Å². The number of rotatable bonds is 2. The standard InChI is InChI=1S/C16H18N4/c1-13-12-14-4-2-3-5-15(14)18-16(13)20-10-8-19(7-6-17)9-11-20/h2-5,12H,7-11H2,1H3. The number of piperazine rings is 1. The SMILES string of the molecule is Cc1cc2ccccc2nc1N1CCN(CC#N)CC1. The summed E-state index contributed by atoms with van der Waals surface area (Å²) >= 11 is 0. The van der Waals surface area contributed by atoms with Crippen molar-refractivity contribution in [2.45, 2.75) is 6.92 Å². The summed E-state index contributed by atoms with van der Waals surface area (Å²) in [7, 11) is 0. The summed E-state index contributed by atoms with van der Waals surface area (Å²) in [5, 5.41) is 9.94. The molecule has 0 N–H and O–H groups in total. The van der Waals surface area contributed by atoms with E-state index in [-0.39, 0.29) is 0 Å². The molecule has 2 heterocycles. The average Bonchev–Trinajstić information content (AvgIpc) is 2.48. The van der Waals surface area contributed by atoms with Crippen molar-refractivity contribution in [2.24, 2.45) is 0 Å². The summed E-state index contributed by atoms with van der Waals surface area (Å²) in [6.07, 6.45) is 0. The summed E-state index contributed by atoms with van der Waals surface area (Å²) in [5.41, 5.74) is 2.27. The molecule has 0 radical (unpaired) electrons. The lowest BCUT2D eigenvalue weighted by Crippen LogP contribution is -2.46. The van der Waals surface area contributed by atoms with Crippen LogP contribution in [0.1, 0.15) is 5.56 Å². The lowest BCUT2D eigenvalue weighted by molar-refractivity contribution is 0.286. The Balaban J connectivity index is 1.84. The zero-order chi connectivity index (χ0) is 13.9. The maximum absolute atomic E-state index is 8.75. The Kier molecular flexibility index (Phi) is 3.53. The highest BCUT2D eigenvalue weighted by atomic mass is 15.3. The number of benzene rings is 1. The molecule has 3 rings (SSSR count). The van der Waals surface area contributed by atoms with E-state index in [4.69, 9.17) is 10.2 Å². The summed E-state index contributed by atoms with van der Waals surface area (Å²) in [5.74, 6) is 1.08. The molecule has 1 aromatic heterocycles. The smallest absolute Gasteiger partial charge is 0.132 e. The van der Waals surface area contributed by atoms with Gasteiger partial charge in [-0.25, -0.2) is 4.98 Å². The predicted molar refractivity (Wildman–Crippen MR) is 80.7 cm³/mol. The van der Waals surface area contributed by atoms with Crippen LogP contribution >= 0.6 is 0 Å². The fourth-order valence-corrected chi connectivity index (χ4v) is 2.75. The first-order valence-electron chi connectivity index (χ1n) is 6.98. The lowest BCUT2D eigenvalue weighted by Gasteiger charge is -2.35. The molecule has 102 valence electrons. The van der Waals surface area contributed by atoms with Crippen molar-refractivity contribution < 1.29 is 0 Å². The number of para-hydroxylation sites is 1. The van der Waals surface area contributed by atoms with Crippen LogP contribution in [0.4, 0.5) is 5.82 Å². The van der Waals surface area contributed by atoms with Crippen molar-refractivity contribution in [3.8, 4) is 6.07 Å². The minimum atomic E-state index is 0.526. The number of nitriles is 1. The highest BCUT2D eigenvalue weighted by molar-refractivity contribution is 5.81. The monoisotopic (exact) mass is 266 g/mol. The van der Waals surface area contributed by atoms with Crippen molar-refractivity contribution in [3.63, 3.8) is 0 Å². The van der Waals surface area contributed by atoms with E-state index in [1.807, 2.05) is 12.1 Å². The molecule has 1 aromatic carbocycles. The molecule has 1 fully saturated rings. The highest BCUT2D eigenvalue weighted by Crippen LogP contribution is 2.23. The zero-order valence-electron chi connectivity index (χ0n) is 11.7. The summed E-state index contributed by atoms with van der Waals surface area (Å²) in [6.45, 7) is 6.39. The van der Waals surface area contributed by atoms with E-state index in [2.05, 4.69) is 41.0 Å². The Morgan fingerprint density at radius 2 is 1.95 bits per heavy atom.